The number of hydrogen-bond acceptors (Lipinski definition) is 2. The number of carbonyl (C=O) groups excluding carboxylic acids is 1. The third-order valence-corrected chi connectivity index (χ3v) is 4.72. The summed E-state index contributed by atoms with van der Waals surface area (Å²) in [6.07, 6.45) is 10.2. The summed E-state index contributed by atoms with van der Waals surface area (Å²) in [5, 5.41) is 0. The maximum absolute atomic E-state index is 13.0. The Kier molecular flexibility index (Phi) is 6.78. The molecule has 0 bridgehead atoms. The number of ketones is 1. The predicted molar refractivity (Wildman–Crippen MR) is 82.4 cm³/mol. The molecule has 2 heteroatoms. The van der Waals surface area contributed by atoms with E-state index in [1.54, 1.807) is 0 Å². The van der Waals surface area contributed by atoms with Crippen LogP contribution in [0.4, 0.5) is 0 Å². The molecule has 0 fully saturated rings. The summed E-state index contributed by atoms with van der Waals surface area (Å²) in [6, 6.07) is 0. The summed E-state index contributed by atoms with van der Waals surface area (Å²) < 4.78 is 0. The zero-order valence-electron chi connectivity index (χ0n) is 13.3. The number of rotatable bonds is 6. The normalized spacial score (nSPS) is 20.4. The molecule has 0 aromatic carbocycles. The van der Waals surface area contributed by atoms with Crippen molar-refractivity contribution in [3.63, 3.8) is 0 Å². The fourth-order valence-corrected chi connectivity index (χ4v) is 3.19. The molecule has 1 unspecified atom stereocenters. The van der Waals surface area contributed by atoms with Crippen molar-refractivity contribution >= 4 is 5.78 Å². The van der Waals surface area contributed by atoms with E-state index in [1.165, 1.54) is 25.7 Å². The van der Waals surface area contributed by atoms with Crippen LogP contribution in [-0.4, -0.2) is 29.3 Å². The summed E-state index contributed by atoms with van der Waals surface area (Å²) in [4.78, 5) is 15.3. The minimum absolute atomic E-state index is 0.311. The molecule has 0 radical (unpaired) electrons. The van der Waals surface area contributed by atoms with Crippen LogP contribution in [0.15, 0.2) is 11.6 Å². The number of nitrogens with zero attached hydrogens (tertiary/aromatic N) is 1. The molecule has 1 rings (SSSR count). The molecule has 0 aromatic heterocycles. The highest BCUT2D eigenvalue weighted by Crippen LogP contribution is 2.28. The van der Waals surface area contributed by atoms with Crippen LogP contribution in [0.2, 0.25) is 0 Å². The fraction of sp³-hybridized carbons (Fsp3) is 0.824. The van der Waals surface area contributed by atoms with Crippen LogP contribution in [-0.2, 0) is 4.79 Å². The first kappa shape index (κ1) is 16.4. The Morgan fingerprint density at radius 3 is 2.37 bits per heavy atom. The molecule has 0 aliphatic heterocycles. The zero-order chi connectivity index (χ0) is 14.3. The summed E-state index contributed by atoms with van der Waals surface area (Å²) in [5.41, 5.74) is 0.782. The molecule has 1 aliphatic carbocycles. The van der Waals surface area contributed by atoms with Gasteiger partial charge in [0, 0.05) is 0 Å². The van der Waals surface area contributed by atoms with Gasteiger partial charge in [-0.1, -0.05) is 39.7 Å². The lowest BCUT2D eigenvalue weighted by Crippen LogP contribution is -2.52. The van der Waals surface area contributed by atoms with E-state index in [0.29, 0.717) is 5.78 Å². The highest BCUT2D eigenvalue weighted by Gasteiger charge is 2.37. The van der Waals surface area contributed by atoms with Gasteiger partial charge in [-0.15, -0.1) is 0 Å². The van der Waals surface area contributed by atoms with E-state index in [-0.39, 0.29) is 5.54 Å². The molecule has 0 heterocycles. The smallest absolute Gasteiger partial charge is 0.178 e. The summed E-state index contributed by atoms with van der Waals surface area (Å²) in [5.74, 6) is 0.376. The van der Waals surface area contributed by atoms with Crippen molar-refractivity contribution in [2.24, 2.45) is 0 Å². The van der Waals surface area contributed by atoms with Crippen molar-refractivity contribution in [1.29, 1.82) is 0 Å². The standard InChI is InChI=1S/C17H31NO/c1-5-17(4,18(6-2)7-3)16(19)15-13-11-9-8-10-12-14-15/h13H,5-12,14H2,1-4H3. The molecule has 1 aliphatic rings. The van der Waals surface area contributed by atoms with Gasteiger partial charge < -0.3 is 0 Å². The average molecular weight is 265 g/mol. The second kappa shape index (κ2) is 7.84. The molecule has 0 aromatic rings. The largest absolute Gasteiger partial charge is 0.292 e. The van der Waals surface area contributed by atoms with Crippen LogP contribution in [0, 0.1) is 0 Å². The molecule has 0 saturated carbocycles. The molecule has 0 amide bonds. The van der Waals surface area contributed by atoms with E-state index < -0.39 is 0 Å². The van der Waals surface area contributed by atoms with Crippen molar-refractivity contribution in [3.8, 4) is 0 Å². The lowest BCUT2D eigenvalue weighted by Gasteiger charge is -2.39. The number of likely N-dealkylation sites (N-methyl/N-ethyl adjacent to an activating group) is 1. The van der Waals surface area contributed by atoms with Gasteiger partial charge in [-0.05, 0) is 57.7 Å². The Hall–Kier alpha value is -0.630. The van der Waals surface area contributed by atoms with Gasteiger partial charge in [-0.2, -0.15) is 0 Å². The van der Waals surface area contributed by atoms with Crippen molar-refractivity contribution in [2.75, 3.05) is 13.1 Å². The number of hydrogen-bond donors (Lipinski definition) is 0. The molecular weight excluding hydrogens is 234 g/mol. The average Bonchev–Trinajstić information content (AvgIpc) is 2.38. The second-order valence-electron chi connectivity index (χ2n) is 5.81. The van der Waals surface area contributed by atoms with Crippen molar-refractivity contribution in [1.82, 2.24) is 4.90 Å². The minimum atomic E-state index is -0.311. The Balaban J connectivity index is 2.92. The third-order valence-electron chi connectivity index (χ3n) is 4.72. The number of Topliss-reactive ketones (excluding diaryl/α,β-unsaturated/α-hetero) is 1. The molecule has 110 valence electrons. The Labute approximate surface area is 119 Å². The highest BCUT2D eigenvalue weighted by molar-refractivity contribution is 6.02. The van der Waals surface area contributed by atoms with E-state index in [4.69, 9.17) is 0 Å². The Bertz CT molecular complexity index is 317. The number of allylic oxidation sites excluding steroid dienone is 1. The van der Waals surface area contributed by atoms with Crippen molar-refractivity contribution in [3.05, 3.63) is 11.6 Å². The Morgan fingerprint density at radius 2 is 1.79 bits per heavy atom. The van der Waals surface area contributed by atoms with Crippen LogP contribution in [0.3, 0.4) is 0 Å². The second-order valence-corrected chi connectivity index (χ2v) is 5.81. The van der Waals surface area contributed by atoms with E-state index >= 15 is 0 Å². The van der Waals surface area contributed by atoms with Crippen LogP contribution < -0.4 is 0 Å². The predicted octanol–water partition coefficient (Wildman–Crippen LogP) is 4.35. The van der Waals surface area contributed by atoms with E-state index in [1.807, 2.05) is 0 Å². The maximum atomic E-state index is 13.0. The SMILES string of the molecule is CCN(CC)C(C)(CC)C(=O)C1=CCCCCCC1. The summed E-state index contributed by atoms with van der Waals surface area (Å²) >= 11 is 0. The van der Waals surface area contributed by atoms with Gasteiger partial charge in [0.15, 0.2) is 5.78 Å². The van der Waals surface area contributed by atoms with Gasteiger partial charge in [-0.25, -0.2) is 0 Å². The van der Waals surface area contributed by atoms with Gasteiger partial charge in [0.1, 0.15) is 0 Å². The van der Waals surface area contributed by atoms with Gasteiger partial charge in [-0.3, -0.25) is 9.69 Å². The van der Waals surface area contributed by atoms with Crippen molar-refractivity contribution < 1.29 is 4.79 Å². The van der Waals surface area contributed by atoms with Gasteiger partial charge >= 0.3 is 0 Å². The number of carbonyl (C=O) groups is 1. The molecule has 19 heavy (non-hydrogen) atoms. The van der Waals surface area contributed by atoms with E-state index in [9.17, 15) is 4.79 Å². The fourth-order valence-electron chi connectivity index (χ4n) is 3.19. The van der Waals surface area contributed by atoms with Crippen LogP contribution in [0.1, 0.15) is 72.6 Å². The Morgan fingerprint density at radius 1 is 1.16 bits per heavy atom. The molecule has 1 atom stereocenters. The first-order chi connectivity index (χ1) is 9.10. The van der Waals surface area contributed by atoms with Crippen molar-refractivity contribution in [2.45, 2.75) is 78.2 Å². The molecule has 0 saturated heterocycles. The minimum Gasteiger partial charge on any atom is -0.292 e. The molecule has 2 nitrogen and oxygen atoms in total. The summed E-state index contributed by atoms with van der Waals surface area (Å²) in [7, 11) is 0. The third kappa shape index (κ3) is 3.92. The maximum Gasteiger partial charge on any atom is 0.178 e. The van der Waals surface area contributed by atoms with Gasteiger partial charge in [0.25, 0.3) is 0 Å². The first-order valence-corrected chi connectivity index (χ1v) is 8.09. The van der Waals surface area contributed by atoms with E-state index in [2.05, 4.69) is 38.7 Å². The topological polar surface area (TPSA) is 20.3 Å². The molecule has 0 N–H and O–H groups in total. The zero-order valence-corrected chi connectivity index (χ0v) is 13.3. The highest BCUT2D eigenvalue weighted by atomic mass is 16.1. The molecular formula is C17H31NO. The summed E-state index contributed by atoms with van der Waals surface area (Å²) in [6.45, 7) is 10.5. The lowest BCUT2D eigenvalue weighted by atomic mass is 9.83. The first-order valence-electron chi connectivity index (χ1n) is 8.09. The van der Waals surface area contributed by atoms with Gasteiger partial charge in [0.05, 0.1) is 5.54 Å². The van der Waals surface area contributed by atoms with Gasteiger partial charge in [0.2, 0.25) is 0 Å². The lowest BCUT2D eigenvalue weighted by molar-refractivity contribution is -0.126. The van der Waals surface area contributed by atoms with Crippen LogP contribution in [0.5, 0.6) is 0 Å². The van der Waals surface area contributed by atoms with Crippen LogP contribution >= 0.6 is 0 Å². The quantitative estimate of drug-likeness (QED) is 0.711. The van der Waals surface area contributed by atoms with E-state index in [0.717, 1.165) is 37.9 Å². The van der Waals surface area contributed by atoms with Crippen LogP contribution in [0.25, 0.3) is 0 Å². The molecule has 0 spiro atoms. The monoisotopic (exact) mass is 265 g/mol.